The number of anilines is 1. The van der Waals surface area contributed by atoms with E-state index in [0.717, 1.165) is 11.3 Å². The monoisotopic (exact) mass is 267 g/mol. The summed E-state index contributed by atoms with van der Waals surface area (Å²) in [6.45, 7) is -0.886. The maximum atomic E-state index is 11.7. The molecule has 0 amide bonds. The first-order chi connectivity index (χ1) is 8.01. The van der Waals surface area contributed by atoms with Crippen molar-refractivity contribution >= 4 is 17.3 Å². The molecule has 0 radical (unpaired) electrons. The van der Waals surface area contributed by atoms with Crippen LogP contribution in [0.1, 0.15) is 5.56 Å². The third-order valence-corrected chi connectivity index (χ3v) is 2.23. The predicted octanol–water partition coefficient (Wildman–Crippen LogP) is 3.42. The van der Waals surface area contributed by atoms with Gasteiger partial charge in [-0.15, -0.1) is 11.6 Å². The molecule has 0 atom stereocenters. The van der Waals surface area contributed by atoms with Crippen molar-refractivity contribution in [1.29, 1.82) is 0 Å². The minimum Gasteiger partial charge on any atom is -0.383 e. The summed E-state index contributed by atoms with van der Waals surface area (Å²) in [4.78, 5) is 0. The molecule has 0 saturated heterocycles. The van der Waals surface area contributed by atoms with E-state index < -0.39 is 12.8 Å². The van der Waals surface area contributed by atoms with Crippen LogP contribution < -0.4 is 5.32 Å². The van der Waals surface area contributed by atoms with Crippen LogP contribution in [0.15, 0.2) is 24.3 Å². The van der Waals surface area contributed by atoms with Crippen molar-refractivity contribution < 1.29 is 17.9 Å². The van der Waals surface area contributed by atoms with Crippen LogP contribution in [0.3, 0.4) is 0 Å². The molecular weight excluding hydrogens is 255 g/mol. The van der Waals surface area contributed by atoms with Crippen LogP contribution in [0.5, 0.6) is 0 Å². The van der Waals surface area contributed by atoms with E-state index in [0.29, 0.717) is 12.4 Å². The number of hydrogen-bond donors (Lipinski definition) is 1. The van der Waals surface area contributed by atoms with Gasteiger partial charge >= 0.3 is 6.18 Å². The Hall–Kier alpha value is -0.940. The van der Waals surface area contributed by atoms with Gasteiger partial charge in [-0.25, -0.2) is 0 Å². The minimum absolute atomic E-state index is 0.00458. The number of rotatable bonds is 6. The van der Waals surface area contributed by atoms with Gasteiger partial charge in [-0.2, -0.15) is 13.2 Å². The van der Waals surface area contributed by atoms with Crippen molar-refractivity contribution in [3.63, 3.8) is 0 Å². The lowest BCUT2D eigenvalue weighted by atomic mass is 10.2. The number of alkyl halides is 4. The maximum absolute atomic E-state index is 11.7. The fraction of sp³-hybridized carbons (Fsp3) is 0.455. The zero-order valence-electron chi connectivity index (χ0n) is 9.06. The van der Waals surface area contributed by atoms with E-state index in [1.807, 2.05) is 24.3 Å². The first kappa shape index (κ1) is 14.1. The summed E-state index contributed by atoms with van der Waals surface area (Å²) in [6, 6.07) is 7.37. The Kier molecular flexibility index (Phi) is 5.58. The van der Waals surface area contributed by atoms with Crippen molar-refractivity contribution in [2.75, 3.05) is 25.1 Å². The zero-order valence-corrected chi connectivity index (χ0v) is 9.81. The van der Waals surface area contributed by atoms with Crippen LogP contribution >= 0.6 is 11.6 Å². The molecule has 17 heavy (non-hydrogen) atoms. The van der Waals surface area contributed by atoms with Crippen LogP contribution in [0, 0.1) is 0 Å². The molecule has 0 aliphatic rings. The lowest BCUT2D eigenvalue weighted by Gasteiger charge is -2.09. The van der Waals surface area contributed by atoms with Crippen LogP contribution in [-0.2, 0) is 10.6 Å². The van der Waals surface area contributed by atoms with Crippen molar-refractivity contribution in [2.24, 2.45) is 0 Å². The quantitative estimate of drug-likeness (QED) is 0.630. The highest BCUT2D eigenvalue weighted by atomic mass is 35.5. The van der Waals surface area contributed by atoms with E-state index in [1.54, 1.807) is 0 Å². The third kappa shape index (κ3) is 6.38. The van der Waals surface area contributed by atoms with E-state index >= 15 is 0 Å². The molecule has 0 unspecified atom stereocenters. The minimum atomic E-state index is -4.27. The summed E-state index contributed by atoms with van der Waals surface area (Å²) < 4.78 is 39.7. The van der Waals surface area contributed by atoms with Crippen molar-refractivity contribution in [3.05, 3.63) is 29.8 Å². The molecule has 0 heterocycles. The van der Waals surface area contributed by atoms with E-state index in [9.17, 15) is 13.2 Å². The zero-order chi connectivity index (χ0) is 12.7. The van der Waals surface area contributed by atoms with Gasteiger partial charge in [-0.3, -0.25) is 0 Å². The van der Waals surface area contributed by atoms with Crippen LogP contribution in [0.4, 0.5) is 18.9 Å². The molecule has 1 aromatic carbocycles. The molecule has 0 aromatic heterocycles. The SMILES string of the molecule is FC(F)(F)COCCNc1cccc(CCl)c1. The van der Waals surface area contributed by atoms with Crippen LogP contribution in [0.2, 0.25) is 0 Å². The second-order valence-corrected chi connectivity index (χ2v) is 3.70. The number of halogens is 4. The smallest absolute Gasteiger partial charge is 0.383 e. The third-order valence-electron chi connectivity index (χ3n) is 1.92. The number of benzene rings is 1. The summed E-state index contributed by atoms with van der Waals surface area (Å²) in [5.41, 5.74) is 1.77. The molecule has 0 saturated carbocycles. The van der Waals surface area contributed by atoms with Crippen molar-refractivity contribution in [3.8, 4) is 0 Å². The molecule has 0 fully saturated rings. The summed E-state index contributed by atoms with van der Waals surface area (Å²) in [6.07, 6.45) is -4.27. The molecule has 1 N–H and O–H groups in total. The van der Waals surface area contributed by atoms with E-state index in [1.165, 1.54) is 0 Å². The Morgan fingerprint density at radius 2 is 2.06 bits per heavy atom. The Morgan fingerprint density at radius 3 is 2.71 bits per heavy atom. The average molecular weight is 268 g/mol. The molecule has 0 bridgehead atoms. The summed E-state index contributed by atoms with van der Waals surface area (Å²) >= 11 is 5.66. The first-order valence-corrected chi connectivity index (χ1v) is 5.58. The molecule has 1 aromatic rings. The van der Waals surface area contributed by atoms with Gasteiger partial charge in [-0.1, -0.05) is 12.1 Å². The van der Waals surface area contributed by atoms with Gasteiger partial charge in [0.05, 0.1) is 6.61 Å². The largest absolute Gasteiger partial charge is 0.411 e. The summed E-state index contributed by atoms with van der Waals surface area (Å²) in [7, 11) is 0. The maximum Gasteiger partial charge on any atom is 0.411 e. The molecule has 6 heteroatoms. The summed E-state index contributed by atoms with van der Waals surface area (Å²) in [5, 5.41) is 2.95. The van der Waals surface area contributed by atoms with E-state index in [4.69, 9.17) is 11.6 Å². The molecule has 1 rings (SSSR count). The van der Waals surface area contributed by atoms with Crippen LogP contribution in [-0.4, -0.2) is 25.9 Å². The Morgan fingerprint density at radius 1 is 1.29 bits per heavy atom. The molecule has 0 aliphatic carbocycles. The van der Waals surface area contributed by atoms with Gasteiger partial charge in [0, 0.05) is 18.1 Å². The molecule has 0 spiro atoms. The second kappa shape index (κ2) is 6.71. The normalized spacial score (nSPS) is 11.5. The van der Waals surface area contributed by atoms with E-state index in [-0.39, 0.29) is 6.61 Å². The Bertz CT molecular complexity index is 344. The van der Waals surface area contributed by atoms with Crippen LogP contribution in [0.25, 0.3) is 0 Å². The predicted molar refractivity (Wildman–Crippen MR) is 61.4 cm³/mol. The Labute approximate surface area is 103 Å². The van der Waals surface area contributed by atoms with Crippen molar-refractivity contribution in [1.82, 2.24) is 0 Å². The molecule has 2 nitrogen and oxygen atoms in total. The lowest BCUT2D eigenvalue weighted by Crippen LogP contribution is -2.20. The Balaban J connectivity index is 2.22. The average Bonchev–Trinajstić information content (AvgIpc) is 2.27. The topological polar surface area (TPSA) is 21.3 Å². The summed E-state index contributed by atoms with van der Waals surface area (Å²) in [5.74, 6) is 0.403. The highest BCUT2D eigenvalue weighted by Gasteiger charge is 2.27. The fourth-order valence-electron chi connectivity index (χ4n) is 1.22. The molecular formula is C11H13ClF3NO. The fourth-order valence-corrected chi connectivity index (χ4v) is 1.39. The highest BCUT2D eigenvalue weighted by molar-refractivity contribution is 6.17. The van der Waals surface area contributed by atoms with Gasteiger partial charge in [-0.05, 0) is 17.7 Å². The first-order valence-electron chi connectivity index (χ1n) is 5.04. The second-order valence-electron chi connectivity index (χ2n) is 3.43. The lowest BCUT2D eigenvalue weighted by molar-refractivity contribution is -0.172. The van der Waals surface area contributed by atoms with Gasteiger partial charge in [0.25, 0.3) is 0 Å². The standard InChI is InChI=1S/C11H13ClF3NO/c12-7-9-2-1-3-10(6-9)16-4-5-17-8-11(13,14)15/h1-3,6,16H,4-5,7-8H2. The molecule has 0 aliphatic heterocycles. The number of ether oxygens (including phenoxy) is 1. The number of nitrogens with one attached hydrogen (secondary N) is 1. The highest BCUT2D eigenvalue weighted by Crippen LogP contribution is 2.14. The van der Waals surface area contributed by atoms with E-state index in [2.05, 4.69) is 10.1 Å². The molecule has 96 valence electrons. The van der Waals surface area contributed by atoms with Crippen molar-refractivity contribution in [2.45, 2.75) is 12.1 Å². The van der Waals surface area contributed by atoms with Gasteiger partial charge in [0.2, 0.25) is 0 Å². The number of hydrogen-bond acceptors (Lipinski definition) is 2. The van der Waals surface area contributed by atoms with Gasteiger partial charge in [0.15, 0.2) is 0 Å². The van der Waals surface area contributed by atoms with Gasteiger partial charge < -0.3 is 10.1 Å². The van der Waals surface area contributed by atoms with Gasteiger partial charge in [0.1, 0.15) is 6.61 Å².